The molecule has 0 aliphatic carbocycles. The predicted molar refractivity (Wildman–Crippen MR) is 88.6 cm³/mol. The van der Waals surface area contributed by atoms with Crippen molar-refractivity contribution in [3.63, 3.8) is 0 Å². The molecule has 2 rings (SSSR count). The lowest BCUT2D eigenvalue weighted by Gasteiger charge is -2.26. The highest BCUT2D eigenvalue weighted by molar-refractivity contribution is 6.30. The van der Waals surface area contributed by atoms with Crippen LogP contribution in [-0.2, 0) is 4.74 Å². The van der Waals surface area contributed by atoms with Crippen molar-refractivity contribution in [3.8, 4) is 5.75 Å². The maximum Gasteiger partial charge on any atom is 0.244 e. The molecule has 4 nitrogen and oxygen atoms in total. The average Bonchev–Trinajstić information content (AvgIpc) is 2.97. The smallest absolute Gasteiger partial charge is 0.244 e. The molecule has 1 heterocycles. The van der Waals surface area contributed by atoms with Gasteiger partial charge in [-0.3, -0.25) is 4.57 Å². The standard InChI is InChI=1S/C17H21ClN2O2/c1-5-21-15(17(2,3)4)16(20-11-10-19-12-20)22-14-8-6-13(18)7-9-14/h6-12H,5H2,1-4H3/b16-15+. The van der Waals surface area contributed by atoms with Gasteiger partial charge in [0.05, 0.1) is 6.61 Å². The molecule has 0 saturated carbocycles. The zero-order valence-electron chi connectivity index (χ0n) is 13.3. The zero-order valence-corrected chi connectivity index (χ0v) is 14.1. The van der Waals surface area contributed by atoms with Crippen molar-refractivity contribution in [3.05, 3.63) is 53.8 Å². The van der Waals surface area contributed by atoms with E-state index < -0.39 is 0 Å². The van der Waals surface area contributed by atoms with Crippen LogP contribution < -0.4 is 4.74 Å². The van der Waals surface area contributed by atoms with Crippen LogP contribution >= 0.6 is 11.6 Å². The number of benzene rings is 1. The van der Waals surface area contributed by atoms with Crippen LogP contribution in [0.5, 0.6) is 5.75 Å². The number of allylic oxidation sites excluding steroid dienone is 1. The fourth-order valence-corrected chi connectivity index (χ4v) is 2.08. The number of imidazole rings is 1. The van der Waals surface area contributed by atoms with Crippen LogP contribution in [0.2, 0.25) is 5.02 Å². The summed E-state index contributed by atoms with van der Waals surface area (Å²) in [5, 5.41) is 0.668. The van der Waals surface area contributed by atoms with Crippen molar-refractivity contribution in [1.29, 1.82) is 0 Å². The lowest BCUT2D eigenvalue weighted by Crippen LogP contribution is -2.19. The van der Waals surface area contributed by atoms with Crippen LogP contribution in [0.3, 0.4) is 0 Å². The van der Waals surface area contributed by atoms with Crippen molar-refractivity contribution in [2.75, 3.05) is 6.61 Å². The van der Waals surface area contributed by atoms with Gasteiger partial charge in [-0.05, 0) is 31.2 Å². The molecule has 0 spiro atoms. The summed E-state index contributed by atoms with van der Waals surface area (Å²) in [4.78, 5) is 4.10. The second-order valence-electron chi connectivity index (χ2n) is 5.84. The van der Waals surface area contributed by atoms with Gasteiger partial charge in [0.1, 0.15) is 12.1 Å². The van der Waals surface area contributed by atoms with Crippen molar-refractivity contribution < 1.29 is 9.47 Å². The Hall–Kier alpha value is -1.94. The molecule has 0 unspecified atom stereocenters. The minimum atomic E-state index is -0.206. The second-order valence-corrected chi connectivity index (χ2v) is 6.28. The summed E-state index contributed by atoms with van der Waals surface area (Å²) in [5.41, 5.74) is -0.206. The van der Waals surface area contributed by atoms with Crippen LogP contribution in [0.1, 0.15) is 27.7 Å². The highest BCUT2D eigenvalue weighted by Crippen LogP contribution is 2.32. The summed E-state index contributed by atoms with van der Waals surface area (Å²) < 4.78 is 13.8. The van der Waals surface area contributed by atoms with Gasteiger partial charge in [0, 0.05) is 22.8 Å². The molecular formula is C17H21ClN2O2. The molecular weight excluding hydrogens is 300 g/mol. The fraction of sp³-hybridized carbons (Fsp3) is 0.353. The Labute approximate surface area is 136 Å². The summed E-state index contributed by atoms with van der Waals surface area (Å²) in [7, 11) is 0. The third-order valence-electron chi connectivity index (χ3n) is 2.93. The van der Waals surface area contributed by atoms with Gasteiger partial charge in [-0.25, -0.2) is 4.98 Å². The Balaban J connectivity index is 2.48. The van der Waals surface area contributed by atoms with Crippen LogP contribution in [0.4, 0.5) is 0 Å². The molecule has 0 aliphatic heterocycles. The van der Waals surface area contributed by atoms with E-state index in [4.69, 9.17) is 21.1 Å². The summed E-state index contributed by atoms with van der Waals surface area (Å²) in [6, 6.07) is 7.23. The Morgan fingerprint density at radius 2 is 1.91 bits per heavy atom. The van der Waals surface area contributed by atoms with E-state index in [0.29, 0.717) is 23.3 Å². The Morgan fingerprint density at radius 1 is 1.23 bits per heavy atom. The van der Waals surface area contributed by atoms with Crippen molar-refractivity contribution in [2.45, 2.75) is 27.7 Å². The lowest BCUT2D eigenvalue weighted by molar-refractivity contribution is 0.155. The molecule has 2 aromatic rings. The minimum absolute atomic E-state index is 0.206. The van der Waals surface area contributed by atoms with Crippen LogP contribution in [0.15, 0.2) is 48.7 Å². The van der Waals surface area contributed by atoms with Gasteiger partial charge < -0.3 is 9.47 Å². The maximum atomic E-state index is 6.07. The number of rotatable bonds is 5. The predicted octanol–water partition coefficient (Wildman–Crippen LogP) is 4.82. The molecule has 0 N–H and O–H groups in total. The van der Waals surface area contributed by atoms with Crippen LogP contribution in [0.25, 0.3) is 5.88 Å². The highest BCUT2D eigenvalue weighted by atomic mass is 35.5. The number of hydrogen-bond donors (Lipinski definition) is 0. The summed E-state index contributed by atoms with van der Waals surface area (Å²) >= 11 is 5.93. The maximum absolute atomic E-state index is 6.07. The largest absolute Gasteiger partial charge is 0.492 e. The molecule has 22 heavy (non-hydrogen) atoms. The van der Waals surface area contributed by atoms with Gasteiger partial charge in [0.25, 0.3) is 0 Å². The number of halogens is 1. The molecule has 1 aromatic carbocycles. The van der Waals surface area contributed by atoms with E-state index in [1.54, 1.807) is 24.7 Å². The third kappa shape index (κ3) is 4.04. The van der Waals surface area contributed by atoms with Gasteiger partial charge in [-0.15, -0.1) is 0 Å². The normalized spacial score (nSPS) is 12.8. The first-order valence-electron chi connectivity index (χ1n) is 7.21. The Morgan fingerprint density at radius 3 is 2.41 bits per heavy atom. The van der Waals surface area contributed by atoms with Gasteiger partial charge in [-0.1, -0.05) is 32.4 Å². The van der Waals surface area contributed by atoms with E-state index in [1.165, 1.54) is 0 Å². The van der Waals surface area contributed by atoms with E-state index >= 15 is 0 Å². The fourth-order valence-electron chi connectivity index (χ4n) is 1.95. The number of hydrogen-bond acceptors (Lipinski definition) is 3. The lowest BCUT2D eigenvalue weighted by atomic mass is 9.94. The minimum Gasteiger partial charge on any atom is -0.492 e. The average molecular weight is 321 g/mol. The van der Waals surface area contributed by atoms with Gasteiger partial charge >= 0.3 is 0 Å². The Bertz CT molecular complexity index is 626. The van der Waals surface area contributed by atoms with E-state index in [2.05, 4.69) is 25.8 Å². The van der Waals surface area contributed by atoms with Gasteiger partial charge in [0.2, 0.25) is 5.88 Å². The summed E-state index contributed by atoms with van der Waals surface area (Å²) in [6.07, 6.45) is 5.23. The van der Waals surface area contributed by atoms with Crippen molar-refractivity contribution in [2.24, 2.45) is 5.41 Å². The van der Waals surface area contributed by atoms with Gasteiger partial charge in [-0.2, -0.15) is 0 Å². The second kappa shape index (κ2) is 6.88. The summed E-state index contributed by atoms with van der Waals surface area (Å²) in [6.45, 7) is 8.77. The molecule has 0 radical (unpaired) electrons. The molecule has 0 atom stereocenters. The van der Waals surface area contributed by atoms with E-state index in [0.717, 1.165) is 5.76 Å². The van der Waals surface area contributed by atoms with Crippen LogP contribution in [0, 0.1) is 5.41 Å². The first kappa shape index (κ1) is 16.4. The topological polar surface area (TPSA) is 36.3 Å². The molecule has 0 saturated heterocycles. The van der Waals surface area contributed by atoms with Gasteiger partial charge in [0.15, 0.2) is 5.76 Å². The monoisotopic (exact) mass is 320 g/mol. The number of nitrogens with zero attached hydrogens (tertiary/aromatic N) is 2. The first-order chi connectivity index (χ1) is 10.4. The van der Waals surface area contributed by atoms with E-state index in [-0.39, 0.29) is 5.41 Å². The molecule has 0 fully saturated rings. The number of ether oxygens (including phenoxy) is 2. The Kier molecular flexibility index (Phi) is 5.14. The van der Waals surface area contributed by atoms with Crippen molar-refractivity contribution >= 4 is 17.5 Å². The molecule has 0 amide bonds. The molecule has 5 heteroatoms. The SMILES string of the molecule is CCO/C(=C(/Oc1ccc(Cl)cc1)n1ccnc1)C(C)(C)C. The quantitative estimate of drug-likeness (QED) is 0.741. The third-order valence-corrected chi connectivity index (χ3v) is 3.18. The first-order valence-corrected chi connectivity index (χ1v) is 7.59. The molecule has 0 bridgehead atoms. The van der Waals surface area contributed by atoms with E-state index in [9.17, 15) is 0 Å². The van der Waals surface area contributed by atoms with Crippen molar-refractivity contribution in [1.82, 2.24) is 9.55 Å². The molecule has 0 aliphatic rings. The molecule has 1 aromatic heterocycles. The van der Waals surface area contributed by atoms with Crippen LogP contribution in [-0.4, -0.2) is 16.2 Å². The van der Waals surface area contributed by atoms with E-state index in [1.807, 2.05) is 29.8 Å². The zero-order chi connectivity index (χ0) is 16.2. The summed E-state index contributed by atoms with van der Waals surface area (Å²) in [5.74, 6) is 2.06. The number of aromatic nitrogens is 2. The highest BCUT2D eigenvalue weighted by Gasteiger charge is 2.26. The molecule has 118 valence electrons.